The molecule has 0 aromatic heterocycles. The lowest BCUT2D eigenvalue weighted by Gasteiger charge is -2.33. The lowest BCUT2D eigenvalue weighted by molar-refractivity contribution is -0.145. The van der Waals surface area contributed by atoms with E-state index in [9.17, 15) is 9.90 Å². The standard InChI is InChI=1S/C23H36O3/c1-2-3-4-5-6-7-8-12-19-26-21-15-13-20(14-16-21)23(22(24)25)17-10-9-11-18-23/h13-16H,2-12,17-19H2,1H3,(H,24,25). The summed E-state index contributed by atoms with van der Waals surface area (Å²) in [5.41, 5.74) is 0.248. The van der Waals surface area contributed by atoms with Gasteiger partial charge in [-0.2, -0.15) is 0 Å². The second-order valence-electron chi connectivity index (χ2n) is 7.80. The van der Waals surface area contributed by atoms with Gasteiger partial charge in [0.2, 0.25) is 0 Å². The van der Waals surface area contributed by atoms with Crippen molar-refractivity contribution in [3.05, 3.63) is 29.8 Å². The number of carboxylic acid groups (broad SMARTS) is 1. The van der Waals surface area contributed by atoms with E-state index < -0.39 is 11.4 Å². The van der Waals surface area contributed by atoms with Crippen molar-refractivity contribution in [3.63, 3.8) is 0 Å². The van der Waals surface area contributed by atoms with Crippen molar-refractivity contribution in [3.8, 4) is 5.75 Å². The molecule has 1 aromatic rings. The van der Waals surface area contributed by atoms with Crippen molar-refractivity contribution in [2.24, 2.45) is 0 Å². The maximum Gasteiger partial charge on any atom is 0.314 e. The zero-order valence-electron chi connectivity index (χ0n) is 16.5. The van der Waals surface area contributed by atoms with Crippen LogP contribution in [-0.2, 0) is 10.2 Å². The molecule has 0 saturated heterocycles. The summed E-state index contributed by atoms with van der Waals surface area (Å²) in [6.07, 6.45) is 15.0. The summed E-state index contributed by atoms with van der Waals surface area (Å²) in [6, 6.07) is 7.81. The van der Waals surface area contributed by atoms with Gasteiger partial charge in [-0.15, -0.1) is 0 Å². The van der Waals surface area contributed by atoms with Crippen LogP contribution in [0.2, 0.25) is 0 Å². The van der Waals surface area contributed by atoms with Gasteiger partial charge in [-0.25, -0.2) is 0 Å². The second-order valence-corrected chi connectivity index (χ2v) is 7.80. The smallest absolute Gasteiger partial charge is 0.314 e. The summed E-state index contributed by atoms with van der Waals surface area (Å²) in [6.45, 7) is 3.00. The summed E-state index contributed by atoms with van der Waals surface area (Å²) in [5.74, 6) is 0.179. The highest BCUT2D eigenvalue weighted by molar-refractivity contribution is 5.81. The molecule has 1 fully saturated rings. The zero-order chi connectivity index (χ0) is 18.7. The van der Waals surface area contributed by atoms with Crippen LogP contribution in [-0.4, -0.2) is 17.7 Å². The van der Waals surface area contributed by atoms with E-state index >= 15 is 0 Å². The van der Waals surface area contributed by atoms with Crippen molar-refractivity contribution in [2.75, 3.05) is 6.61 Å². The van der Waals surface area contributed by atoms with Gasteiger partial charge in [0.1, 0.15) is 5.75 Å². The SMILES string of the molecule is CCCCCCCCCCOc1ccc(C2(C(=O)O)CCCCC2)cc1. The fourth-order valence-electron chi connectivity index (χ4n) is 4.08. The summed E-state index contributed by atoms with van der Waals surface area (Å²) in [5, 5.41) is 9.77. The van der Waals surface area contributed by atoms with Gasteiger partial charge in [0.05, 0.1) is 12.0 Å². The van der Waals surface area contributed by atoms with Crippen molar-refractivity contribution >= 4 is 5.97 Å². The molecule has 1 aromatic carbocycles. The van der Waals surface area contributed by atoms with Crippen LogP contribution in [0.3, 0.4) is 0 Å². The third kappa shape index (κ3) is 6.03. The first kappa shape index (κ1) is 20.8. The van der Waals surface area contributed by atoms with Crippen LogP contribution in [0.15, 0.2) is 24.3 Å². The number of benzene rings is 1. The van der Waals surface area contributed by atoms with Crippen LogP contribution < -0.4 is 4.74 Å². The molecule has 0 amide bonds. The average Bonchev–Trinajstić information content (AvgIpc) is 2.67. The minimum atomic E-state index is -0.686. The monoisotopic (exact) mass is 360 g/mol. The number of hydrogen-bond acceptors (Lipinski definition) is 2. The van der Waals surface area contributed by atoms with Gasteiger partial charge in [0, 0.05) is 0 Å². The van der Waals surface area contributed by atoms with E-state index in [1.807, 2.05) is 24.3 Å². The van der Waals surface area contributed by atoms with Gasteiger partial charge in [0.25, 0.3) is 0 Å². The molecule has 0 heterocycles. The number of carboxylic acids is 1. The molecule has 0 spiro atoms. The van der Waals surface area contributed by atoms with Crippen molar-refractivity contribution in [1.29, 1.82) is 0 Å². The van der Waals surface area contributed by atoms with Gasteiger partial charge in [0.15, 0.2) is 0 Å². The van der Waals surface area contributed by atoms with Crippen LogP contribution in [0.4, 0.5) is 0 Å². The highest BCUT2D eigenvalue weighted by atomic mass is 16.5. The Balaban J connectivity index is 1.71. The first-order valence-corrected chi connectivity index (χ1v) is 10.7. The van der Waals surface area contributed by atoms with Crippen LogP contribution in [0.25, 0.3) is 0 Å². The largest absolute Gasteiger partial charge is 0.494 e. The topological polar surface area (TPSA) is 46.5 Å². The molecule has 0 bridgehead atoms. The lowest BCUT2D eigenvalue weighted by Crippen LogP contribution is -2.37. The third-order valence-corrected chi connectivity index (χ3v) is 5.79. The minimum Gasteiger partial charge on any atom is -0.494 e. The molecule has 0 unspecified atom stereocenters. The van der Waals surface area contributed by atoms with Crippen molar-refractivity contribution in [2.45, 2.75) is 95.8 Å². The number of rotatable bonds is 12. The van der Waals surface area contributed by atoms with E-state index in [4.69, 9.17) is 4.74 Å². The Hall–Kier alpha value is -1.51. The van der Waals surface area contributed by atoms with E-state index in [1.165, 1.54) is 44.9 Å². The van der Waals surface area contributed by atoms with Crippen molar-refractivity contribution < 1.29 is 14.6 Å². The second kappa shape index (κ2) is 11.3. The number of unbranched alkanes of at least 4 members (excludes halogenated alkanes) is 7. The first-order chi connectivity index (χ1) is 12.7. The molecule has 0 aliphatic heterocycles. The number of carbonyl (C=O) groups is 1. The Bertz CT molecular complexity index is 515. The molecule has 0 atom stereocenters. The first-order valence-electron chi connectivity index (χ1n) is 10.7. The predicted molar refractivity (Wildman–Crippen MR) is 107 cm³/mol. The minimum absolute atomic E-state index is 0.676. The van der Waals surface area contributed by atoms with Gasteiger partial charge < -0.3 is 9.84 Å². The Morgan fingerprint density at radius 3 is 2.08 bits per heavy atom. The molecule has 1 aliphatic rings. The van der Waals surface area contributed by atoms with Crippen LogP contribution in [0.1, 0.15) is 96.0 Å². The maximum absolute atomic E-state index is 11.9. The van der Waals surface area contributed by atoms with Crippen LogP contribution in [0, 0.1) is 0 Å². The molecule has 0 radical (unpaired) electrons. The molecule has 2 rings (SSSR count). The Morgan fingerprint density at radius 1 is 0.923 bits per heavy atom. The van der Waals surface area contributed by atoms with Gasteiger partial charge in [-0.05, 0) is 37.0 Å². The van der Waals surface area contributed by atoms with Crippen molar-refractivity contribution in [1.82, 2.24) is 0 Å². The molecule has 1 N–H and O–H groups in total. The molecular formula is C23H36O3. The van der Waals surface area contributed by atoms with E-state index in [0.717, 1.165) is 56.4 Å². The third-order valence-electron chi connectivity index (χ3n) is 5.79. The summed E-state index contributed by atoms with van der Waals surface area (Å²) >= 11 is 0. The highest BCUT2D eigenvalue weighted by Crippen LogP contribution is 2.40. The maximum atomic E-state index is 11.9. The molecule has 146 valence electrons. The Kier molecular flexibility index (Phi) is 9.00. The van der Waals surface area contributed by atoms with Gasteiger partial charge in [-0.3, -0.25) is 4.79 Å². The number of hydrogen-bond donors (Lipinski definition) is 1. The normalized spacial score (nSPS) is 16.3. The van der Waals surface area contributed by atoms with Gasteiger partial charge >= 0.3 is 5.97 Å². The number of aliphatic carboxylic acids is 1. The molecule has 3 heteroatoms. The van der Waals surface area contributed by atoms with E-state index in [1.54, 1.807) is 0 Å². The summed E-state index contributed by atoms with van der Waals surface area (Å²) in [4.78, 5) is 11.9. The molecule has 1 aliphatic carbocycles. The fraction of sp³-hybridized carbons (Fsp3) is 0.696. The molecular weight excluding hydrogens is 324 g/mol. The van der Waals surface area contributed by atoms with E-state index in [0.29, 0.717) is 0 Å². The van der Waals surface area contributed by atoms with E-state index in [2.05, 4.69) is 6.92 Å². The molecule has 26 heavy (non-hydrogen) atoms. The summed E-state index contributed by atoms with van der Waals surface area (Å²) < 4.78 is 5.84. The predicted octanol–water partition coefficient (Wildman–Crippen LogP) is 6.49. The average molecular weight is 361 g/mol. The Labute approximate surface area is 159 Å². The highest BCUT2D eigenvalue weighted by Gasteiger charge is 2.41. The molecule has 3 nitrogen and oxygen atoms in total. The zero-order valence-corrected chi connectivity index (χ0v) is 16.5. The number of ether oxygens (including phenoxy) is 1. The quantitative estimate of drug-likeness (QED) is 0.433. The Morgan fingerprint density at radius 2 is 1.50 bits per heavy atom. The van der Waals surface area contributed by atoms with Gasteiger partial charge in [-0.1, -0.05) is 83.3 Å². The lowest BCUT2D eigenvalue weighted by atomic mass is 9.69. The fourth-order valence-corrected chi connectivity index (χ4v) is 4.08. The summed E-state index contributed by atoms with van der Waals surface area (Å²) in [7, 11) is 0. The van der Waals surface area contributed by atoms with Crippen LogP contribution >= 0.6 is 0 Å². The van der Waals surface area contributed by atoms with E-state index in [-0.39, 0.29) is 0 Å². The van der Waals surface area contributed by atoms with Crippen LogP contribution in [0.5, 0.6) is 5.75 Å². The molecule has 1 saturated carbocycles.